The van der Waals surface area contributed by atoms with Crippen LogP contribution in [0.5, 0.6) is 0 Å². The molecule has 1 aromatic carbocycles. The summed E-state index contributed by atoms with van der Waals surface area (Å²) >= 11 is 0. The van der Waals surface area contributed by atoms with E-state index in [9.17, 15) is 22.0 Å². The molecular formula is C11H10F2N2O3S. The van der Waals surface area contributed by atoms with Crippen molar-refractivity contribution in [2.75, 3.05) is 6.54 Å². The molecule has 0 bridgehead atoms. The molecule has 0 radical (unpaired) electrons. The van der Waals surface area contributed by atoms with E-state index >= 15 is 0 Å². The summed E-state index contributed by atoms with van der Waals surface area (Å²) in [6, 6.07) is 2.23. The van der Waals surface area contributed by atoms with Gasteiger partial charge in [0.25, 0.3) is 0 Å². The van der Waals surface area contributed by atoms with Crippen molar-refractivity contribution in [2.45, 2.75) is 23.9 Å². The molecule has 1 atom stereocenters. The van der Waals surface area contributed by atoms with E-state index in [-0.39, 0.29) is 6.54 Å². The Morgan fingerprint density at radius 1 is 1.37 bits per heavy atom. The third kappa shape index (κ3) is 2.56. The van der Waals surface area contributed by atoms with Crippen molar-refractivity contribution in [3.05, 3.63) is 29.8 Å². The molecule has 0 spiro atoms. The summed E-state index contributed by atoms with van der Waals surface area (Å²) in [6.07, 6.45) is 1.32. The highest BCUT2D eigenvalue weighted by molar-refractivity contribution is 7.89. The van der Waals surface area contributed by atoms with E-state index in [2.05, 4.69) is 4.99 Å². The molecule has 1 aromatic rings. The summed E-state index contributed by atoms with van der Waals surface area (Å²) in [5.41, 5.74) is 0. The third-order valence-electron chi connectivity index (χ3n) is 2.86. The van der Waals surface area contributed by atoms with Crippen LogP contribution in [0.4, 0.5) is 8.78 Å². The summed E-state index contributed by atoms with van der Waals surface area (Å²) in [5, 5.41) is 0. The van der Waals surface area contributed by atoms with Crippen LogP contribution in [0.15, 0.2) is 28.1 Å². The van der Waals surface area contributed by atoms with Gasteiger partial charge < -0.3 is 0 Å². The molecule has 0 aromatic heterocycles. The molecule has 1 saturated heterocycles. The van der Waals surface area contributed by atoms with Crippen LogP contribution in [0, 0.1) is 11.6 Å². The average Bonchev–Trinajstić information content (AvgIpc) is 2.78. The monoisotopic (exact) mass is 288 g/mol. The fourth-order valence-electron chi connectivity index (χ4n) is 2.00. The lowest BCUT2D eigenvalue weighted by atomic mass is 10.3. The van der Waals surface area contributed by atoms with Gasteiger partial charge in [-0.3, -0.25) is 0 Å². The molecule has 102 valence electrons. The van der Waals surface area contributed by atoms with E-state index in [0.29, 0.717) is 18.9 Å². The van der Waals surface area contributed by atoms with Gasteiger partial charge in [-0.2, -0.15) is 9.30 Å². The quantitative estimate of drug-likeness (QED) is 0.624. The van der Waals surface area contributed by atoms with Crippen LogP contribution in [0.25, 0.3) is 0 Å². The van der Waals surface area contributed by atoms with Crippen LogP contribution in [-0.2, 0) is 14.8 Å². The van der Waals surface area contributed by atoms with Gasteiger partial charge in [0.1, 0.15) is 22.7 Å². The normalized spacial score (nSPS) is 20.2. The first-order valence-electron chi connectivity index (χ1n) is 5.50. The molecule has 1 aliphatic heterocycles. The van der Waals surface area contributed by atoms with Gasteiger partial charge in [-0.15, -0.1) is 0 Å². The van der Waals surface area contributed by atoms with Crippen molar-refractivity contribution in [3.63, 3.8) is 0 Å². The van der Waals surface area contributed by atoms with Gasteiger partial charge in [-0.25, -0.2) is 22.0 Å². The second kappa shape index (κ2) is 5.16. The molecule has 1 heterocycles. The molecule has 0 amide bonds. The molecular weight excluding hydrogens is 278 g/mol. The van der Waals surface area contributed by atoms with Crippen molar-refractivity contribution in [1.29, 1.82) is 0 Å². The number of halogens is 2. The van der Waals surface area contributed by atoms with Crippen molar-refractivity contribution in [2.24, 2.45) is 4.99 Å². The number of benzene rings is 1. The number of hydrogen-bond acceptors (Lipinski definition) is 4. The fraction of sp³-hybridized carbons (Fsp3) is 0.364. The molecule has 1 fully saturated rings. The number of aliphatic imine (C=N–C) groups is 1. The Kier molecular flexibility index (Phi) is 3.75. The molecule has 1 aliphatic rings. The first kappa shape index (κ1) is 13.8. The van der Waals surface area contributed by atoms with Crippen LogP contribution in [0.3, 0.4) is 0 Å². The topological polar surface area (TPSA) is 66.8 Å². The van der Waals surface area contributed by atoms with Crippen LogP contribution in [-0.4, -0.2) is 31.5 Å². The van der Waals surface area contributed by atoms with Crippen LogP contribution >= 0.6 is 0 Å². The molecule has 8 heteroatoms. The van der Waals surface area contributed by atoms with Gasteiger partial charge >= 0.3 is 0 Å². The Labute approximate surface area is 108 Å². The number of carbonyl (C=O) groups excluding carboxylic acids is 1. The van der Waals surface area contributed by atoms with E-state index in [1.165, 1.54) is 6.08 Å². The van der Waals surface area contributed by atoms with Crippen molar-refractivity contribution >= 4 is 16.1 Å². The highest BCUT2D eigenvalue weighted by atomic mass is 32.2. The number of hydrogen-bond donors (Lipinski definition) is 0. The Morgan fingerprint density at radius 2 is 2.11 bits per heavy atom. The van der Waals surface area contributed by atoms with E-state index in [1.807, 2.05) is 0 Å². The molecule has 19 heavy (non-hydrogen) atoms. The smallest absolute Gasteiger partial charge is 0.211 e. The Balaban J connectivity index is 2.44. The van der Waals surface area contributed by atoms with E-state index < -0.39 is 32.7 Å². The van der Waals surface area contributed by atoms with Crippen LogP contribution < -0.4 is 0 Å². The summed E-state index contributed by atoms with van der Waals surface area (Å²) in [5.74, 6) is -2.03. The lowest BCUT2D eigenvalue weighted by molar-refractivity contribution is 0.392. The van der Waals surface area contributed by atoms with E-state index in [4.69, 9.17) is 0 Å². The zero-order valence-corrected chi connectivity index (χ0v) is 10.5. The molecule has 5 nitrogen and oxygen atoms in total. The highest BCUT2D eigenvalue weighted by Crippen LogP contribution is 2.28. The lowest BCUT2D eigenvalue weighted by Crippen LogP contribution is -2.34. The number of sulfonamides is 1. The fourth-order valence-corrected chi connectivity index (χ4v) is 3.64. The zero-order valence-electron chi connectivity index (χ0n) is 9.71. The minimum atomic E-state index is -4.14. The van der Waals surface area contributed by atoms with Gasteiger partial charge in [0.15, 0.2) is 0 Å². The largest absolute Gasteiger partial charge is 0.247 e. The maximum atomic E-state index is 13.6. The molecule has 0 saturated carbocycles. The van der Waals surface area contributed by atoms with Crippen LogP contribution in [0.1, 0.15) is 12.8 Å². The maximum absolute atomic E-state index is 13.6. The predicted molar refractivity (Wildman–Crippen MR) is 61.4 cm³/mol. The van der Waals surface area contributed by atoms with Gasteiger partial charge in [0, 0.05) is 12.6 Å². The summed E-state index contributed by atoms with van der Waals surface area (Å²) in [7, 11) is -4.14. The molecule has 1 unspecified atom stereocenters. The van der Waals surface area contributed by atoms with Crippen molar-refractivity contribution < 1.29 is 22.0 Å². The number of isocyanates is 1. The number of nitrogens with zero attached hydrogens (tertiary/aromatic N) is 2. The standard InChI is InChI=1S/C11H10F2N2O3S/c12-8-3-4-10(9(13)6-8)19(17,18)15-5-1-2-11(15)14-7-16/h3-4,6,11H,1-2,5H2. The van der Waals surface area contributed by atoms with Gasteiger partial charge in [0.05, 0.1) is 0 Å². The third-order valence-corrected chi connectivity index (χ3v) is 4.79. The van der Waals surface area contributed by atoms with Crippen molar-refractivity contribution in [3.8, 4) is 0 Å². The molecule has 2 rings (SSSR count). The Bertz CT molecular complexity index is 641. The summed E-state index contributed by atoms with van der Waals surface area (Å²) < 4.78 is 51.7. The maximum Gasteiger partial charge on any atom is 0.247 e. The molecule has 0 aliphatic carbocycles. The molecule has 0 N–H and O–H groups in total. The first-order valence-corrected chi connectivity index (χ1v) is 6.94. The first-order chi connectivity index (χ1) is 8.96. The minimum Gasteiger partial charge on any atom is -0.211 e. The predicted octanol–water partition coefficient (Wildman–Crippen LogP) is 1.41. The highest BCUT2D eigenvalue weighted by Gasteiger charge is 2.36. The minimum absolute atomic E-state index is 0.134. The van der Waals surface area contributed by atoms with Crippen LogP contribution in [0.2, 0.25) is 0 Å². The Morgan fingerprint density at radius 3 is 2.74 bits per heavy atom. The summed E-state index contributed by atoms with van der Waals surface area (Å²) in [6.45, 7) is 0.134. The lowest BCUT2D eigenvalue weighted by Gasteiger charge is -2.20. The second-order valence-corrected chi connectivity index (χ2v) is 5.89. The van der Waals surface area contributed by atoms with Gasteiger partial charge in [0.2, 0.25) is 16.1 Å². The SMILES string of the molecule is O=C=NC1CCCN1S(=O)(=O)c1ccc(F)cc1F. The number of rotatable bonds is 3. The Hall–Kier alpha value is -1.63. The summed E-state index contributed by atoms with van der Waals surface area (Å²) in [4.78, 5) is 13.0. The van der Waals surface area contributed by atoms with Gasteiger partial charge in [-0.05, 0) is 25.0 Å². The van der Waals surface area contributed by atoms with Gasteiger partial charge in [-0.1, -0.05) is 0 Å². The van der Waals surface area contributed by atoms with E-state index in [0.717, 1.165) is 16.4 Å². The second-order valence-electron chi connectivity index (χ2n) is 4.03. The van der Waals surface area contributed by atoms with E-state index in [1.54, 1.807) is 0 Å². The average molecular weight is 288 g/mol. The zero-order chi connectivity index (χ0) is 14.0. The van der Waals surface area contributed by atoms with Crippen molar-refractivity contribution in [1.82, 2.24) is 4.31 Å².